The van der Waals surface area contributed by atoms with Crippen LogP contribution < -0.4 is 65.7 Å². The minimum atomic E-state index is -0.746. The average Bonchev–Trinajstić information content (AvgIpc) is 1.62. The number of nitrogens with two attached hydrogens (primary N) is 1. The maximum absolute atomic E-state index is 13.0. The van der Waals surface area contributed by atoms with Gasteiger partial charge in [-0.3, -0.25) is 96.2 Å². The van der Waals surface area contributed by atoms with Gasteiger partial charge in [0.2, 0.25) is 47.3 Å². The van der Waals surface area contributed by atoms with Gasteiger partial charge in [0.1, 0.15) is 54.2 Å². The van der Waals surface area contributed by atoms with E-state index in [4.69, 9.17) is 64.3 Å². The lowest BCUT2D eigenvalue weighted by atomic mass is 10.0. The number of alkyl carbamates (subject to hydrolysis) is 3. The Balaban J connectivity index is 0.000000317. The van der Waals surface area contributed by atoms with Crippen LogP contribution in [0.15, 0.2) is 96.4 Å². The maximum Gasteiger partial charge on any atom is 0.407 e. The van der Waals surface area contributed by atoms with Gasteiger partial charge in [-0.25, -0.2) is 33.6 Å². The van der Waals surface area contributed by atoms with Crippen molar-refractivity contribution in [3.63, 3.8) is 0 Å². The number of piperidine rings is 4. The number of carbonyl (C=O) groups is 11. The van der Waals surface area contributed by atoms with Crippen LogP contribution in [0.3, 0.4) is 0 Å². The van der Waals surface area contributed by atoms with Gasteiger partial charge in [-0.1, -0.05) is 61.6 Å². The molecule has 8 aromatic rings. The van der Waals surface area contributed by atoms with Crippen LogP contribution in [0, 0.1) is 24.2 Å². The number of hydrogen-bond donors (Lipinski definition) is 8. The monoisotopic (exact) mass is 2070 g/mol. The van der Waals surface area contributed by atoms with Crippen molar-refractivity contribution in [3.8, 4) is 24.2 Å². The molecular formula is C96H137BrClN16O26P. The molecule has 5 unspecified atom stereocenters. The van der Waals surface area contributed by atoms with Crippen molar-refractivity contribution in [1.82, 2.24) is 73.8 Å². The summed E-state index contributed by atoms with van der Waals surface area (Å²) in [5.74, 6) is 5.32. The second-order valence-electron chi connectivity index (χ2n) is 35.1. The second-order valence-corrected chi connectivity index (χ2v) is 36.0. The lowest BCUT2D eigenvalue weighted by Crippen LogP contribution is -2.44. The fourth-order valence-electron chi connectivity index (χ4n) is 15.2. The predicted molar refractivity (Wildman–Crippen MR) is 538 cm³/mol. The molecule has 0 radical (unpaired) electrons. The van der Waals surface area contributed by atoms with Crippen LogP contribution >= 0.6 is 38.2 Å². The van der Waals surface area contributed by atoms with Gasteiger partial charge in [0, 0.05) is 97.7 Å². The Hall–Kier alpha value is -11.7. The molecule has 0 bridgehead atoms. The molecule has 8 heterocycles. The Morgan fingerprint density at radius 2 is 0.688 bits per heavy atom. The quantitative estimate of drug-likeness (QED) is 0.00664. The van der Waals surface area contributed by atoms with E-state index in [9.17, 15) is 71.9 Å². The predicted octanol–water partition coefficient (Wildman–Crippen LogP) is 6.65. The lowest BCUT2D eigenvalue weighted by molar-refractivity contribution is -0.137. The Kier molecular flexibility index (Phi) is 49.8. The molecule has 4 saturated heterocycles. The van der Waals surface area contributed by atoms with Gasteiger partial charge in [-0.15, -0.1) is 18.8 Å². The highest BCUT2D eigenvalue weighted by Crippen LogP contribution is 2.31. The van der Waals surface area contributed by atoms with Crippen LogP contribution in [0.25, 0.3) is 44.1 Å². The summed E-state index contributed by atoms with van der Waals surface area (Å²) < 4.78 is 71.1. The number of rotatable bonds is 37. The van der Waals surface area contributed by atoms with Gasteiger partial charge >= 0.3 is 41.0 Å². The Morgan fingerprint density at radius 1 is 0.404 bits per heavy atom. The van der Waals surface area contributed by atoms with E-state index in [0.29, 0.717) is 184 Å². The van der Waals surface area contributed by atoms with Crippen molar-refractivity contribution in [3.05, 3.63) is 136 Å². The summed E-state index contributed by atoms with van der Waals surface area (Å²) in [7, 11) is 6.70. The van der Waals surface area contributed by atoms with Crippen molar-refractivity contribution in [2.75, 3.05) is 132 Å². The molecule has 4 aliphatic heterocycles. The highest BCUT2D eigenvalue weighted by atomic mass is 79.9. The zero-order valence-corrected chi connectivity index (χ0v) is 85.5. The van der Waals surface area contributed by atoms with Crippen LogP contribution in [-0.2, 0) is 131 Å². The second kappa shape index (κ2) is 58.6. The number of aromatic nitrogens is 8. The van der Waals surface area contributed by atoms with E-state index in [1.165, 1.54) is 27.4 Å². The third-order valence-electron chi connectivity index (χ3n) is 21.2. The van der Waals surface area contributed by atoms with E-state index in [0.717, 1.165) is 51.4 Å². The minimum absolute atomic E-state index is 0. The molecule has 9 N–H and O–H groups in total. The number of amides is 11. The van der Waals surface area contributed by atoms with Crippen LogP contribution in [-0.4, -0.2) is 251 Å². The van der Waals surface area contributed by atoms with Crippen molar-refractivity contribution in [1.29, 1.82) is 0 Å². The fraction of sp³-hybridized carbons (Fsp3) is 0.552. The van der Waals surface area contributed by atoms with Crippen LogP contribution in [0.2, 0.25) is 0 Å². The van der Waals surface area contributed by atoms with Gasteiger partial charge < -0.3 is 73.8 Å². The standard InChI is InChI=1S/C25H36N4O7.C25H32N4O7.C20H28N4O5.C13H12BrN3O3.C12H21NO4.CH4.ClH.H3P/c2*1-25(2,3)36-23(32)26-12-14-35-16-15-34-13-6-8-17-7-5-9-18-21(17)28(4)24(33)29(18)19-10-11-20(30)27-22(19)31;1-23-18-14(5-3-10-28-12-13-29-11-9-21)4-2-6-15(18)24(20(23)27)16-7-8-17(25)22-19(16)26;1-16-11-7(14)3-2-4-8(11)17(13(16)20)9-5-6-10(18)15-12(9)19;1-5-7-15-9-10-16-8-6-13-11(14)17-12(2,3)4;;;/h5,7,9,19H,6,8,10-16H2,1-4H3,(H,26,32)(H,27,30,31);5,7,9,19H,10-16H2,1-4H3,(H,26,32)(H,27,30,31);2,4,6,16H,3,5,7-13,21H2,1H3,(H,22,25,26);2-4,9H,5-6H2,1H3,(H,15,18,19);1H,6-10H2,2-4H3,(H,13,14);1H4;1H;1H3. The maximum atomic E-state index is 13.0. The Bertz CT molecular complexity index is 5970. The average molecular weight is 2080 g/mol. The fourth-order valence-corrected chi connectivity index (χ4v) is 15.8. The number of fused-ring (bicyclic) bond motifs is 4. The Morgan fingerprint density at radius 3 is 1.01 bits per heavy atom. The van der Waals surface area contributed by atoms with E-state index in [1.807, 2.05) is 69.3 Å². The number of imidazole rings is 4. The molecule has 0 aliphatic carbocycles. The Labute approximate surface area is 835 Å². The molecule has 12 rings (SSSR count). The molecule has 4 fully saturated rings. The summed E-state index contributed by atoms with van der Waals surface area (Å²) >= 11 is 3.42. The van der Waals surface area contributed by atoms with Gasteiger partial charge in [-0.05, 0) is 177 Å². The molecule has 4 aromatic carbocycles. The number of halogens is 2. The normalized spacial score (nSPS) is 15.8. The molecule has 4 aromatic heterocycles. The molecule has 776 valence electrons. The first-order valence-electron chi connectivity index (χ1n) is 45.6. The zero-order valence-electron chi connectivity index (χ0n) is 81.7. The minimum Gasteiger partial charge on any atom is -0.444 e. The molecule has 4 aliphatic rings. The summed E-state index contributed by atoms with van der Waals surface area (Å²) in [6, 6.07) is 19.4. The number of aryl methyl sites for hydroxylation is 6. The number of carbonyl (C=O) groups excluding carboxylic acids is 11. The largest absolute Gasteiger partial charge is 0.444 e. The highest BCUT2D eigenvalue weighted by Gasteiger charge is 2.37. The van der Waals surface area contributed by atoms with Gasteiger partial charge in [0.25, 0.3) is 0 Å². The molecule has 5 atom stereocenters. The molecule has 141 heavy (non-hydrogen) atoms. The third-order valence-corrected chi connectivity index (χ3v) is 21.8. The van der Waals surface area contributed by atoms with Crippen molar-refractivity contribution >= 4 is 148 Å². The van der Waals surface area contributed by atoms with Crippen molar-refractivity contribution in [2.45, 2.75) is 188 Å². The van der Waals surface area contributed by atoms with E-state index in [2.05, 4.69) is 70.9 Å². The van der Waals surface area contributed by atoms with Crippen LogP contribution in [0.1, 0.15) is 175 Å². The summed E-state index contributed by atoms with van der Waals surface area (Å²) in [5, 5.41) is 17.1. The number of hydrogen-bond acceptors (Lipinski definition) is 27. The van der Waals surface area contributed by atoms with E-state index in [-0.39, 0.29) is 115 Å². The number of ether oxygens (including phenoxy) is 11. The first kappa shape index (κ1) is 120. The molecule has 0 saturated carbocycles. The smallest absolute Gasteiger partial charge is 0.407 e. The van der Waals surface area contributed by atoms with Crippen LogP contribution in [0.4, 0.5) is 14.4 Å². The molecule has 45 heteroatoms. The third kappa shape index (κ3) is 36.3. The molecular weight excluding hydrogens is 1940 g/mol. The first-order chi connectivity index (χ1) is 65.7. The number of para-hydroxylation sites is 4. The van der Waals surface area contributed by atoms with Gasteiger partial charge in [0.05, 0.1) is 129 Å². The van der Waals surface area contributed by atoms with E-state index >= 15 is 0 Å². The summed E-state index contributed by atoms with van der Waals surface area (Å²) in [6.07, 6.45) is 8.70. The molecule has 42 nitrogen and oxygen atoms in total. The number of nitrogens with zero attached hydrogens (tertiary/aromatic N) is 8. The van der Waals surface area contributed by atoms with Gasteiger partial charge in [-0.2, -0.15) is 9.90 Å². The number of imide groups is 4. The van der Waals surface area contributed by atoms with E-state index in [1.54, 1.807) is 103 Å². The zero-order chi connectivity index (χ0) is 101. The van der Waals surface area contributed by atoms with E-state index < -0.39 is 82.9 Å². The summed E-state index contributed by atoms with van der Waals surface area (Å²) in [6.45, 7) is 24.5. The lowest BCUT2D eigenvalue weighted by Gasteiger charge is -2.21. The SMILES string of the molecule is C.C#CCOCCOCCNC(=O)OC(C)(C)C.Cl.Cn1c(=O)n(C2CCC(=O)NC2=O)c2cccc(Br)c21.Cn1c(=O)n(C2CCC(=O)NC2=O)c2cccc(C#CCOCCOCCNC(=O)OC(C)(C)C)c21.Cn1c(=O)n(C2CCC(=O)NC2=O)c2cccc(CCCOCCOCCN)c21.Cn1c(=O)n(C2CCC(=O)NC2=O)c2cccc(CCCOCCOCCNC(=O)OC(C)(C)C)c21.P. The molecule has 0 spiro atoms. The first-order valence-corrected chi connectivity index (χ1v) is 46.4. The highest BCUT2D eigenvalue weighted by molar-refractivity contribution is 9.10. The topological polar surface area (TPSA) is 507 Å². The molecule has 11 amide bonds. The summed E-state index contributed by atoms with van der Waals surface area (Å²) in [5.41, 5.74) is 10.9. The number of benzene rings is 4. The van der Waals surface area contributed by atoms with Crippen molar-refractivity contribution in [2.24, 2.45) is 33.9 Å². The van der Waals surface area contributed by atoms with Gasteiger partial charge in [0.15, 0.2) is 0 Å². The number of nitrogens with one attached hydrogen (secondary N) is 7. The van der Waals surface area contributed by atoms with Crippen molar-refractivity contribution < 1.29 is 105 Å². The number of terminal acetylenes is 1. The summed E-state index contributed by atoms with van der Waals surface area (Å²) in [4.78, 5) is 180. The van der Waals surface area contributed by atoms with Crippen LogP contribution in [0.5, 0.6) is 0 Å².